The number of aromatic nitrogens is 2. The first-order chi connectivity index (χ1) is 7.76. The van der Waals surface area contributed by atoms with Crippen LogP contribution in [0.25, 0.3) is 0 Å². The lowest BCUT2D eigenvalue weighted by molar-refractivity contribution is 0.396. The minimum atomic E-state index is 0.479. The monoisotopic (exact) mass is 285 g/mol. The molecule has 1 aromatic heterocycles. The molecule has 88 valence electrons. The highest BCUT2D eigenvalue weighted by Gasteiger charge is 2.31. The molecule has 2 atom stereocenters. The topological polar surface area (TPSA) is 38.2 Å². The number of anilines is 1. The van der Waals surface area contributed by atoms with E-state index in [2.05, 4.69) is 37.7 Å². The molecule has 1 saturated heterocycles. The fourth-order valence-electron chi connectivity index (χ4n) is 2.08. The van der Waals surface area contributed by atoms with Gasteiger partial charge in [-0.15, -0.1) is 0 Å². The summed E-state index contributed by atoms with van der Waals surface area (Å²) in [6, 6.07) is 2.25. The zero-order chi connectivity index (χ0) is 11.5. The Morgan fingerprint density at radius 2 is 2.44 bits per heavy atom. The summed E-state index contributed by atoms with van der Waals surface area (Å²) in [6.07, 6.45) is 2.94. The van der Waals surface area contributed by atoms with Gasteiger partial charge in [-0.1, -0.05) is 22.9 Å². The van der Waals surface area contributed by atoms with E-state index in [4.69, 9.17) is 4.74 Å². The second kappa shape index (κ2) is 4.99. The summed E-state index contributed by atoms with van der Waals surface area (Å²) in [6.45, 7) is 3.29. The van der Waals surface area contributed by atoms with Crippen molar-refractivity contribution in [2.75, 3.05) is 23.9 Å². The lowest BCUT2D eigenvalue weighted by atomic mass is 10.1. The van der Waals surface area contributed by atoms with Crippen molar-refractivity contribution in [2.24, 2.45) is 5.92 Å². The lowest BCUT2D eigenvalue weighted by Crippen LogP contribution is -2.34. The zero-order valence-electron chi connectivity index (χ0n) is 9.56. The maximum absolute atomic E-state index is 5.12. The second-order valence-electron chi connectivity index (χ2n) is 4.08. The van der Waals surface area contributed by atoms with Crippen molar-refractivity contribution in [2.45, 2.75) is 19.4 Å². The number of nitrogens with zero attached hydrogens (tertiary/aromatic N) is 3. The van der Waals surface area contributed by atoms with Crippen LogP contribution in [0.1, 0.15) is 13.3 Å². The lowest BCUT2D eigenvalue weighted by Gasteiger charge is -2.25. The Hall–Kier alpha value is -0.840. The van der Waals surface area contributed by atoms with Gasteiger partial charge in [-0.3, -0.25) is 0 Å². The largest absolute Gasteiger partial charge is 0.481 e. The molecule has 0 N–H and O–H groups in total. The molecule has 1 aromatic rings. The Morgan fingerprint density at radius 3 is 3.12 bits per heavy atom. The molecular weight excluding hydrogens is 270 g/mol. The average molecular weight is 286 g/mol. The van der Waals surface area contributed by atoms with E-state index in [1.807, 2.05) is 0 Å². The first kappa shape index (κ1) is 11.6. The molecule has 16 heavy (non-hydrogen) atoms. The Labute approximate surface area is 104 Å². The summed E-state index contributed by atoms with van der Waals surface area (Å²) in [5, 5.41) is 0.953. The molecule has 2 rings (SSSR count). The molecule has 0 amide bonds. The van der Waals surface area contributed by atoms with Gasteiger partial charge in [-0.05, 0) is 12.3 Å². The van der Waals surface area contributed by atoms with E-state index in [0.29, 0.717) is 17.8 Å². The highest BCUT2D eigenvalue weighted by molar-refractivity contribution is 9.09. The fourth-order valence-corrected chi connectivity index (χ4v) is 3.06. The van der Waals surface area contributed by atoms with Crippen molar-refractivity contribution in [3.63, 3.8) is 0 Å². The maximum atomic E-state index is 5.12. The quantitative estimate of drug-likeness (QED) is 0.798. The second-order valence-corrected chi connectivity index (χ2v) is 4.73. The summed E-state index contributed by atoms with van der Waals surface area (Å²) < 4.78 is 5.12. The summed E-state index contributed by atoms with van der Waals surface area (Å²) in [5.41, 5.74) is 0. The number of hydrogen-bond donors (Lipinski definition) is 0. The predicted octanol–water partition coefficient (Wildman–Crippen LogP) is 2.09. The van der Waals surface area contributed by atoms with Crippen molar-refractivity contribution >= 4 is 21.9 Å². The summed E-state index contributed by atoms with van der Waals surface area (Å²) in [5.74, 6) is 2.07. The van der Waals surface area contributed by atoms with Gasteiger partial charge < -0.3 is 9.64 Å². The molecule has 4 nitrogen and oxygen atoms in total. The van der Waals surface area contributed by atoms with Gasteiger partial charge in [-0.2, -0.15) is 4.98 Å². The van der Waals surface area contributed by atoms with Crippen LogP contribution in [-0.4, -0.2) is 35.0 Å². The number of rotatable bonds is 3. The van der Waals surface area contributed by atoms with E-state index in [9.17, 15) is 0 Å². The fraction of sp³-hybridized carbons (Fsp3) is 0.636. The molecule has 5 heteroatoms. The summed E-state index contributed by atoms with van der Waals surface area (Å²) in [7, 11) is 1.63. The van der Waals surface area contributed by atoms with E-state index in [1.165, 1.54) is 6.42 Å². The maximum Gasteiger partial charge on any atom is 0.228 e. The summed E-state index contributed by atoms with van der Waals surface area (Å²) >= 11 is 3.56. The van der Waals surface area contributed by atoms with E-state index in [0.717, 1.165) is 17.8 Å². The van der Waals surface area contributed by atoms with Crippen LogP contribution < -0.4 is 9.64 Å². The Balaban J connectivity index is 2.22. The Kier molecular flexibility index (Phi) is 3.63. The van der Waals surface area contributed by atoms with E-state index in [1.54, 1.807) is 19.4 Å². The van der Waals surface area contributed by atoms with Crippen molar-refractivity contribution < 1.29 is 4.74 Å². The molecule has 0 radical (unpaired) electrons. The Bertz CT molecular complexity index is 361. The Morgan fingerprint density at radius 1 is 1.62 bits per heavy atom. The van der Waals surface area contributed by atoms with Crippen LogP contribution in [-0.2, 0) is 0 Å². The smallest absolute Gasteiger partial charge is 0.228 e. The number of methoxy groups -OCH3 is 1. The van der Waals surface area contributed by atoms with Crippen LogP contribution in [0, 0.1) is 5.92 Å². The third-order valence-corrected chi connectivity index (χ3v) is 3.79. The van der Waals surface area contributed by atoms with Crippen LogP contribution in [0.5, 0.6) is 5.88 Å². The first-order valence-electron chi connectivity index (χ1n) is 5.46. The van der Waals surface area contributed by atoms with Gasteiger partial charge in [0.2, 0.25) is 11.8 Å². The minimum absolute atomic E-state index is 0.479. The van der Waals surface area contributed by atoms with Gasteiger partial charge in [0.05, 0.1) is 7.11 Å². The minimum Gasteiger partial charge on any atom is -0.481 e. The van der Waals surface area contributed by atoms with Gasteiger partial charge in [0, 0.05) is 30.2 Å². The number of hydrogen-bond acceptors (Lipinski definition) is 4. The molecule has 1 fully saturated rings. The molecule has 2 heterocycles. The number of halogens is 1. The number of ether oxygens (including phenoxy) is 1. The third kappa shape index (κ3) is 2.14. The van der Waals surface area contributed by atoms with Gasteiger partial charge >= 0.3 is 0 Å². The molecule has 0 spiro atoms. The first-order valence-corrected chi connectivity index (χ1v) is 6.58. The molecule has 2 unspecified atom stereocenters. The summed E-state index contributed by atoms with van der Waals surface area (Å²) in [4.78, 5) is 10.9. The van der Waals surface area contributed by atoms with E-state index < -0.39 is 0 Å². The molecule has 0 saturated carbocycles. The van der Waals surface area contributed by atoms with E-state index >= 15 is 0 Å². The predicted molar refractivity (Wildman–Crippen MR) is 67.3 cm³/mol. The van der Waals surface area contributed by atoms with Gasteiger partial charge in [0.15, 0.2) is 0 Å². The SMILES string of the molecule is COc1ccnc(N2CCC(C)C2CBr)n1. The van der Waals surface area contributed by atoms with Crippen molar-refractivity contribution in [3.05, 3.63) is 12.3 Å². The molecule has 1 aliphatic rings. The third-order valence-electron chi connectivity index (χ3n) is 3.12. The van der Waals surface area contributed by atoms with Crippen LogP contribution in [0.3, 0.4) is 0 Å². The van der Waals surface area contributed by atoms with Crippen molar-refractivity contribution in [3.8, 4) is 5.88 Å². The van der Waals surface area contributed by atoms with Gasteiger partial charge in [-0.25, -0.2) is 4.98 Å². The highest BCUT2D eigenvalue weighted by Crippen LogP contribution is 2.28. The molecule has 0 aromatic carbocycles. The molecule has 1 aliphatic heterocycles. The van der Waals surface area contributed by atoms with Crippen LogP contribution in [0.2, 0.25) is 0 Å². The van der Waals surface area contributed by atoms with Crippen LogP contribution in [0.4, 0.5) is 5.95 Å². The number of alkyl halides is 1. The normalized spacial score (nSPS) is 24.8. The van der Waals surface area contributed by atoms with Crippen LogP contribution >= 0.6 is 15.9 Å². The van der Waals surface area contributed by atoms with E-state index in [-0.39, 0.29) is 0 Å². The van der Waals surface area contributed by atoms with Crippen molar-refractivity contribution in [1.82, 2.24) is 9.97 Å². The van der Waals surface area contributed by atoms with Crippen LogP contribution in [0.15, 0.2) is 12.3 Å². The van der Waals surface area contributed by atoms with Gasteiger partial charge in [0.1, 0.15) is 0 Å². The standard InChI is InChI=1S/C11H16BrN3O/c1-8-4-6-15(9(8)7-12)11-13-5-3-10(14-11)16-2/h3,5,8-9H,4,6-7H2,1-2H3. The van der Waals surface area contributed by atoms with Gasteiger partial charge in [0.25, 0.3) is 0 Å². The molecule has 0 bridgehead atoms. The van der Waals surface area contributed by atoms with Crippen molar-refractivity contribution in [1.29, 1.82) is 0 Å². The molecular formula is C11H16BrN3O. The average Bonchev–Trinajstić information content (AvgIpc) is 2.70. The highest BCUT2D eigenvalue weighted by atomic mass is 79.9. The zero-order valence-corrected chi connectivity index (χ0v) is 11.1. The molecule has 0 aliphatic carbocycles.